The minimum absolute atomic E-state index is 0.0702. The van der Waals surface area contributed by atoms with Crippen LogP contribution in [0.1, 0.15) is 12.8 Å². The van der Waals surface area contributed by atoms with Gasteiger partial charge in [-0.3, -0.25) is 9.59 Å². The van der Waals surface area contributed by atoms with E-state index in [0.717, 1.165) is 5.01 Å². The third kappa shape index (κ3) is 4.88. The number of para-hydroxylation sites is 1. The van der Waals surface area contributed by atoms with E-state index in [2.05, 4.69) is 10.4 Å². The summed E-state index contributed by atoms with van der Waals surface area (Å²) in [6, 6.07) is 13.3. The lowest BCUT2D eigenvalue weighted by Gasteiger charge is -2.22. The first-order chi connectivity index (χ1) is 13.4. The highest BCUT2D eigenvalue weighted by atomic mass is 35.5. The van der Waals surface area contributed by atoms with E-state index in [0.29, 0.717) is 16.4 Å². The van der Waals surface area contributed by atoms with E-state index in [4.69, 9.17) is 27.9 Å². The van der Waals surface area contributed by atoms with Crippen LogP contribution in [0.4, 0.5) is 11.4 Å². The second-order valence-electron chi connectivity index (χ2n) is 5.84. The molecule has 0 saturated heterocycles. The van der Waals surface area contributed by atoms with Crippen LogP contribution in [0, 0.1) is 0 Å². The summed E-state index contributed by atoms with van der Waals surface area (Å²) in [6.07, 6.45) is 0.265. The van der Waals surface area contributed by atoms with Crippen molar-refractivity contribution in [2.24, 2.45) is 5.10 Å². The Kier molecular flexibility index (Phi) is 6.28. The molecule has 0 saturated carbocycles. The Morgan fingerprint density at radius 2 is 1.86 bits per heavy atom. The average Bonchev–Trinajstić information content (AvgIpc) is 2.69. The molecule has 2 aromatic rings. The fourth-order valence-electron chi connectivity index (χ4n) is 2.46. The lowest BCUT2D eigenvalue weighted by Crippen LogP contribution is -2.35. The molecule has 1 heterocycles. The molecular weight excluding hydrogens is 405 g/mol. The van der Waals surface area contributed by atoms with Gasteiger partial charge < -0.3 is 10.1 Å². The molecular formula is C19H15Cl2N3O4. The summed E-state index contributed by atoms with van der Waals surface area (Å²) in [5.41, 5.74) is 0.969. The second-order valence-corrected chi connectivity index (χ2v) is 6.68. The standard InChI is InChI=1S/C19H15Cl2N3O4/c20-12-6-7-15(14(21)10-12)22-17(25)11-28-19(27)16-8-9-18(26)24(23-16)13-4-2-1-3-5-13/h1-7,10H,8-9,11H2,(H,22,25). The van der Waals surface area contributed by atoms with Crippen LogP contribution in [0.2, 0.25) is 10.0 Å². The van der Waals surface area contributed by atoms with Gasteiger partial charge in [-0.2, -0.15) is 5.10 Å². The van der Waals surface area contributed by atoms with Crippen molar-refractivity contribution in [1.82, 2.24) is 0 Å². The van der Waals surface area contributed by atoms with E-state index in [9.17, 15) is 14.4 Å². The molecule has 0 aliphatic carbocycles. The van der Waals surface area contributed by atoms with Gasteiger partial charge in [0.15, 0.2) is 6.61 Å². The number of rotatable bonds is 5. The summed E-state index contributed by atoms with van der Waals surface area (Å²) in [4.78, 5) is 36.3. The lowest BCUT2D eigenvalue weighted by atomic mass is 10.1. The molecule has 3 rings (SSSR count). The van der Waals surface area contributed by atoms with Crippen molar-refractivity contribution in [3.05, 3.63) is 58.6 Å². The minimum Gasteiger partial charge on any atom is -0.451 e. The maximum Gasteiger partial charge on any atom is 0.355 e. The van der Waals surface area contributed by atoms with E-state index in [-0.39, 0.29) is 29.5 Å². The number of anilines is 2. The second kappa shape index (κ2) is 8.86. The molecule has 7 nitrogen and oxygen atoms in total. The fourth-order valence-corrected chi connectivity index (χ4v) is 2.92. The third-order valence-corrected chi connectivity index (χ3v) is 4.36. The van der Waals surface area contributed by atoms with Crippen LogP contribution in [0.3, 0.4) is 0 Å². The zero-order chi connectivity index (χ0) is 20.1. The molecule has 0 radical (unpaired) electrons. The number of nitrogens with one attached hydrogen (secondary N) is 1. The molecule has 0 aromatic heterocycles. The molecule has 1 aliphatic heterocycles. The molecule has 2 aromatic carbocycles. The van der Waals surface area contributed by atoms with Gasteiger partial charge in [0, 0.05) is 17.9 Å². The Hall–Kier alpha value is -2.90. The van der Waals surface area contributed by atoms with Crippen molar-refractivity contribution in [1.29, 1.82) is 0 Å². The SMILES string of the molecule is O=C(COC(=O)C1=NN(c2ccccc2)C(=O)CC1)Nc1ccc(Cl)cc1Cl. The quantitative estimate of drug-likeness (QED) is 0.748. The Morgan fingerprint density at radius 3 is 2.57 bits per heavy atom. The van der Waals surface area contributed by atoms with Gasteiger partial charge in [0.1, 0.15) is 5.71 Å². The number of hydrazone groups is 1. The normalized spacial score (nSPS) is 13.7. The number of benzene rings is 2. The van der Waals surface area contributed by atoms with Crippen molar-refractivity contribution in [3.63, 3.8) is 0 Å². The Balaban J connectivity index is 1.61. The van der Waals surface area contributed by atoms with Gasteiger partial charge in [-0.1, -0.05) is 41.4 Å². The molecule has 9 heteroatoms. The minimum atomic E-state index is -0.759. The largest absolute Gasteiger partial charge is 0.451 e. The van der Waals surface area contributed by atoms with Crippen molar-refractivity contribution >= 4 is 58.1 Å². The van der Waals surface area contributed by atoms with Crippen LogP contribution in [0.15, 0.2) is 53.6 Å². The predicted molar refractivity (Wildman–Crippen MR) is 107 cm³/mol. The summed E-state index contributed by atoms with van der Waals surface area (Å²) in [7, 11) is 0. The zero-order valence-corrected chi connectivity index (χ0v) is 16.0. The van der Waals surface area contributed by atoms with Crippen LogP contribution < -0.4 is 10.3 Å². The van der Waals surface area contributed by atoms with Gasteiger partial charge in [-0.25, -0.2) is 9.80 Å². The van der Waals surface area contributed by atoms with Crippen molar-refractivity contribution in [2.45, 2.75) is 12.8 Å². The van der Waals surface area contributed by atoms with E-state index >= 15 is 0 Å². The molecule has 1 aliphatic rings. The number of carbonyl (C=O) groups is 3. The third-order valence-electron chi connectivity index (χ3n) is 3.81. The Bertz CT molecular complexity index is 947. The molecule has 2 amide bonds. The van der Waals surface area contributed by atoms with Crippen LogP contribution >= 0.6 is 23.2 Å². The van der Waals surface area contributed by atoms with Crippen LogP contribution in [-0.2, 0) is 19.1 Å². The first-order valence-electron chi connectivity index (χ1n) is 8.31. The van der Waals surface area contributed by atoms with Gasteiger partial charge in [-0.05, 0) is 30.3 Å². The van der Waals surface area contributed by atoms with E-state index < -0.39 is 18.5 Å². The number of halogens is 2. The van der Waals surface area contributed by atoms with Gasteiger partial charge in [0.25, 0.3) is 5.91 Å². The molecule has 1 N–H and O–H groups in total. The van der Waals surface area contributed by atoms with Gasteiger partial charge in [-0.15, -0.1) is 0 Å². The summed E-state index contributed by atoms with van der Waals surface area (Å²) in [5, 5.41) is 8.46. The maximum absolute atomic E-state index is 12.2. The highest BCUT2D eigenvalue weighted by Crippen LogP contribution is 2.25. The average molecular weight is 420 g/mol. The topological polar surface area (TPSA) is 88.1 Å². The summed E-state index contributed by atoms with van der Waals surface area (Å²) in [6.45, 7) is -0.518. The zero-order valence-electron chi connectivity index (χ0n) is 14.5. The van der Waals surface area contributed by atoms with Crippen molar-refractivity contribution < 1.29 is 19.1 Å². The van der Waals surface area contributed by atoms with Crippen LogP contribution in [-0.4, -0.2) is 30.1 Å². The highest BCUT2D eigenvalue weighted by molar-refractivity contribution is 6.38. The summed E-state index contributed by atoms with van der Waals surface area (Å²) < 4.78 is 5.01. The molecule has 0 atom stereocenters. The Morgan fingerprint density at radius 1 is 1.11 bits per heavy atom. The lowest BCUT2D eigenvalue weighted by molar-refractivity contribution is -0.140. The molecule has 0 bridgehead atoms. The summed E-state index contributed by atoms with van der Waals surface area (Å²) in [5.74, 6) is -1.55. The van der Waals surface area contributed by atoms with Gasteiger partial charge in [0.2, 0.25) is 5.91 Å². The number of carbonyl (C=O) groups excluding carboxylic acids is 3. The number of esters is 1. The molecule has 0 spiro atoms. The molecule has 144 valence electrons. The van der Waals surface area contributed by atoms with E-state index in [1.807, 2.05) is 6.07 Å². The first-order valence-corrected chi connectivity index (χ1v) is 9.07. The number of ether oxygens (including phenoxy) is 1. The van der Waals surface area contributed by atoms with Crippen LogP contribution in [0.5, 0.6) is 0 Å². The number of hydrogen-bond donors (Lipinski definition) is 1. The molecule has 0 fully saturated rings. The number of hydrogen-bond acceptors (Lipinski definition) is 5. The fraction of sp³-hybridized carbons (Fsp3) is 0.158. The van der Waals surface area contributed by atoms with E-state index in [1.165, 1.54) is 6.07 Å². The highest BCUT2D eigenvalue weighted by Gasteiger charge is 2.26. The smallest absolute Gasteiger partial charge is 0.355 e. The monoisotopic (exact) mass is 419 g/mol. The predicted octanol–water partition coefficient (Wildman–Crippen LogP) is 3.66. The molecule has 28 heavy (non-hydrogen) atoms. The van der Waals surface area contributed by atoms with Crippen molar-refractivity contribution in [3.8, 4) is 0 Å². The molecule has 0 unspecified atom stereocenters. The first kappa shape index (κ1) is 19.9. The van der Waals surface area contributed by atoms with Crippen LogP contribution in [0.25, 0.3) is 0 Å². The van der Waals surface area contributed by atoms with E-state index in [1.54, 1.807) is 36.4 Å². The van der Waals surface area contributed by atoms with Crippen molar-refractivity contribution in [2.75, 3.05) is 16.9 Å². The number of nitrogens with zero attached hydrogens (tertiary/aromatic N) is 2. The van der Waals surface area contributed by atoms with Gasteiger partial charge in [0.05, 0.1) is 16.4 Å². The maximum atomic E-state index is 12.2. The van der Waals surface area contributed by atoms with Gasteiger partial charge >= 0.3 is 5.97 Å². The Labute approximate surface area is 170 Å². The number of amides is 2. The summed E-state index contributed by atoms with van der Waals surface area (Å²) >= 11 is 11.8.